The summed E-state index contributed by atoms with van der Waals surface area (Å²) in [7, 11) is 1.28. The number of nitrogens with one attached hydrogen (secondary N) is 1. The number of nitrogen functional groups attached to an aromatic ring is 1. The third kappa shape index (κ3) is 4.45. The minimum Gasteiger partial charge on any atom is -0.477 e. The van der Waals surface area contributed by atoms with Crippen LogP contribution in [0.2, 0.25) is 0 Å². The number of aliphatic carboxylic acids is 1. The van der Waals surface area contributed by atoms with E-state index in [4.69, 9.17) is 10.6 Å². The van der Waals surface area contributed by atoms with Gasteiger partial charge >= 0.3 is 5.97 Å². The summed E-state index contributed by atoms with van der Waals surface area (Å²) in [5.74, 6) is -2.09. The van der Waals surface area contributed by atoms with E-state index in [1.807, 2.05) is 6.07 Å². The number of carboxylic acids is 1. The van der Waals surface area contributed by atoms with Crippen molar-refractivity contribution in [3.05, 3.63) is 58.5 Å². The summed E-state index contributed by atoms with van der Waals surface area (Å²) in [6.45, 7) is 0. The molecule has 11 nitrogen and oxygen atoms in total. The summed E-state index contributed by atoms with van der Waals surface area (Å²) in [6, 6.07) is 4.46. The minimum atomic E-state index is -1.22. The van der Waals surface area contributed by atoms with Crippen molar-refractivity contribution in [3.8, 4) is 0 Å². The number of thiazole rings is 1. The molecule has 2 amide bonds. The number of hydrogen-bond donors (Lipinski definition) is 3. The number of carbonyl (C=O) groups excluding carboxylic acids is 2. The van der Waals surface area contributed by atoms with Crippen LogP contribution in [0.15, 0.2) is 52.3 Å². The van der Waals surface area contributed by atoms with Crippen LogP contribution >= 0.6 is 23.1 Å². The van der Waals surface area contributed by atoms with Gasteiger partial charge in [0, 0.05) is 17.3 Å². The van der Waals surface area contributed by atoms with Crippen molar-refractivity contribution in [1.29, 1.82) is 0 Å². The van der Waals surface area contributed by atoms with E-state index < -0.39 is 29.2 Å². The number of hydrogen-bond acceptors (Lipinski definition) is 10. The molecule has 33 heavy (non-hydrogen) atoms. The molecule has 0 aromatic carbocycles. The molecular weight excluding hydrogens is 468 g/mol. The number of nitrogens with two attached hydrogens (primary N) is 1. The van der Waals surface area contributed by atoms with Crippen molar-refractivity contribution in [3.63, 3.8) is 0 Å². The molecule has 2 aliphatic heterocycles. The zero-order valence-corrected chi connectivity index (χ0v) is 18.8. The quantitative estimate of drug-likeness (QED) is 0.294. The molecule has 2 aliphatic rings. The highest BCUT2D eigenvalue weighted by Crippen LogP contribution is 2.40. The molecule has 13 heteroatoms. The van der Waals surface area contributed by atoms with Gasteiger partial charge in [0.2, 0.25) is 0 Å². The number of rotatable bonds is 7. The Morgan fingerprint density at radius 3 is 2.85 bits per heavy atom. The summed E-state index contributed by atoms with van der Waals surface area (Å²) in [5, 5.41) is 17.3. The molecule has 0 spiro atoms. The lowest BCUT2D eigenvalue weighted by molar-refractivity contribution is -0.150. The lowest BCUT2D eigenvalue weighted by atomic mass is 10.0. The van der Waals surface area contributed by atoms with Gasteiger partial charge in [0.1, 0.15) is 29.9 Å². The average molecular weight is 487 g/mol. The van der Waals surface area contributed by atoms with Crippen LogP contribution in [0, 0.1) is 0 Å². The Labute approximate surface area is 196 Å². The number of nitrogens with zero attached hydrogens (tertiary/aromatic N) is 4. The molecule has 0 radical (unpaired) electrons. The first-order valence-corrected chi connectivity index (χ1v) is 11.5. The number of anilines is 1. The Morgan fingerprint density at radius 2 is 2.21 bits per heavy atom. The van der Waals surface area contributed by atoms with Crippen LogP contribution in [0.4, 0.5) is 5.13 Å². The number of thioether (sulfide) groups is 1. The number of carboxylic acid groups (broad SMARTS) is 1. The summed E-state index contributed by atoms with van der Waals surface area (Å²) < 4.78 is 0. The van der Waals surface area contributed by atoms with Crippen molar-refractivity contribution in [1.82, 2.24) is 20.2 Å². The molecule has 4 N–H and O–H groups in total. The molecule has 2 aromatic rings. The molecule has 1 saturated heterocycles. The van der Waals surface area contributed by atoms with Crippen molar-refractivity contribution >= 4 is 57.8 Å². The van der Waals surface area contributed by atoms with Crippen LogP contribution in [0.5, 0.6) is 0 Å². The Balaban J connectivity index is 1.53. The van der Waals surface area contributed by atoms with Crippen molar-refractivity contribution < 1.29 is 24.3 Å². The maximum absolute atomic E-state index is 12.8. The van der Waals surface area contributed by atoms with Crippen molar-refractivity contribution in [2.75, 3.05) is 18.6 Å². The van der Waals surface area contributed by atoms with Gasteiger partial charge in [0.05, 0.1) is 5.69 Å². The molecule has 170 valence electrons. The highest BCUT2D eigenvalue weighted by atomic mass is 32.2. The fourth-order valence-corrected chi connectivity index (χ4v) is 5.20. The largest absolute Gasteiger partial charge is 0.477 e. The topological polar surface area (TPSA) is 160 Å². The number of aromatic nitrogens is 2. The first kappa shape index (κ1) is 22.5. The molecule has 2 aromatic heterocycles. The lowest BCUT2D eigenvalue weighted by Crippen LogP contribution is -2.71. The van der Waals surface area contributed by atoms with Gasteiger partial charge < -0.3 is 21.0 Å². The van der Waals surface area contributed by atoms with Crippen LogP contribution in [-0.2, 0) is 19.2 Å². The van der Waals surface area contributed by atoms with Crippen LogP contribution in [0.1, 0.15) is 11.4 Å². The molecule has 1 fully saturated rings. The molecule has 2 atom stereocenters. The fraction of sp³-hybridized carbons (Fsp3) is 0.200. The third-order valence-electron chi connectivity index (χ3n) is 4.79. The van der Waals surface area contributed by atoms with Gasteiger partial charge in [-0.05, 0) is 23.8 Å². The number of β-lactam (4-membered cyclic amide) rings is 1. The highest BCUT2D eigenvalue weighted by molar-refractivity contribution is 8.00. The zero-order valence-electron chi connectivity index (χ0n) is 17.2. The van der Waals surface area contributed by atoms with E-state index in [2.05, 4.69) is 20.4 Å². The van der Waals surface area contributed by atoms with Crippen LogP contribution in [0.3, 0.4) is 0 Å². The Morgan fingerprint density at radius 1 is 1.39 bits per heavy atom. The maximum Gasteiger partial charge on any atom is 0.352 e. The average Bonchev–Trinajstić information content (AvgIpc) is 3.25. The van der Waals surface area contributed by atoms with Gasteiger partial charge in [-0.15, -0.1) is 23.1 Å². The normalized spacial score (nSPS) is 20.5. The molecule has 0 bridgehead atoms. The van der Waals surface area contributed by atoms with E-state index in [1.165, 1.54) is 23.8 Å². The number of oxime groups is 1. The Kier molecular flexibility index (Phi) is 6.42. The molecule has 0 saturated carbocycles. The van der Waals surface area contributed by atoms with E-state index in [-0.39, 0.29) is 22.2 Å². The highest BCUT2D eigenvalue weighted by Gasteiger charge is 2.54. The van der Waals surface area contributed by atoms with Crippen LogP contribution in [-0.4, -0.2) is 67.7 Å². The van der Waals surface area contributed by atoms with Gasteiger partial charge in [0.15, 0.2) is 10.8 Å². The second kappa shape index (κ2) is 9.42. The van der Waals surface area contributed by atoms with Crippen LogP contribution < -0.4 is 11.1 Å². The number of pyridine rings is 1. The Bertz CT molecular complexity index is 1190. The fourth-order valence-electron chi connectivity index (χ4n) is 3.33. The molecule has 4 heterocycles. The van der Waals surface area contributed by atoms with Crippen molar-refractivity contribution in [2.45, 2.75) is 11.4 Å². The van der Waals surface area contributed by atoms with Gasteiger partial charge in [0.25, 0.3) is 11.8 Å². The van der Waals surface area contributed by atoms with E-state index in [0.29, 0.717) is 17.0 Å². The van der Waals surface area contributed by atoms with Gasteiger partial charge in [-0.2, -0.15) is 0 Å². The Hall–Kier alpha value is -3.71. The third-order valence-corrected chi connectivity index (χ3v) is 6.77. The predicted molar refractivity (Wildman–Crippen MR) is 123 cm³/mol. The van der Waals surface area contributed by atoms with E-state index >= 15 is 0 Å². The standard InChI is InChI=1S/C20H18N6O5S2/c1-31-25-13(12-9-33-20(21)23-12)16(27)24-14-17(28)26-15(19(29)30)10(8-32-18(14)26)5-6-11-4-2-3-7-22-11/h2-7,9,14,18H,8H2,1H3,(H2,21,23)(H,24,27)(H,29,30)/t14?,18-/m0/s1. The van der Waals surface area contributed by atoms with E-state index in [1.54, 1.807) is 35.9 Å². The van der Waals surface area contributed by atoms with Gasteiger partial charge in [-0.3, -0.25) is 19.5 Å². The summed E-state index contributed by atoms with van der Waals surface area (Å²) in [5.41, 5.74) is 6.73. The number of fused-ring (bicyclic) bond motifs is 1. The summed E-state index contributed by atoms with van der Waals surface area (Å²) in [6.07, 6.45) is 4.96. The summed E-state index contributed by atoms with van der Waals surface area (Å²) >= 11 is 2.48. The van der Waals surface area contributed by atoms with Crippen molar-refractivity contribution in [2.24, 2.45) is 5.16 Å². The van der Waals surface area contributed by atoms with Gasteiger partial charge in [-0.1, -0.05) is 17.3 Å². The van der Waals surface area contributed by atoms with E-state index in [9.17, 15) is 19.5 Å². The molecule has 1 unspecified atom stereocenters. The van der Waals surface area contributed by atoms with Crippen LogP contribution in [0.25, 0.3) is 6.08 Å². The smallest absolute Gasteiger partial charge is 0.352 e. The number of carbonyl (C=O) groups is 3. The molecule has 0 aliphatic carbocycles. The lowest BCUT2D eigenvalue weighted by Gasteiger charge is -2.49. The maximum atomic E-state index is 12.8. The number of allylic oxidation sites excluding steroid dienone is 1. The number of amides is 2. The molecule has 4 rings (SSSR count). The second-order valence-corrected chi connectivity index (χ2v) is 8.82. The minimum absolute atomic E-state index is 0.112. The SMILES string of the molecule is CON=C(C(=O)NC1C(=O)N2C(C(=O)O)=C(C=Cc3ccccn3)CS[C@@H]12)c1csc(N)n1. The monoisotopic (exact) mass is 486 g/mol. The van der Waals surface area contributed by atoms with Gasteiger partial charge in [-0.25, -0.2) is 9.78 Å². The zero-order chi connectivity index (χ0) is 23.5. The summed E-state index contributed by atoms with van der Waals surface area (Å²) in [4.78, 5) is 51.7. The first-order chi connectivity index (χ1) is 15.9. The van der Waals surface area contributed by atoms with E-state index in [0.717, 1.165) is 11.3 Å². The first-order valence-electron chi connectivity index (χ1n) is 9.54. The predicted octanol–water partition coefficient (Wildman–Crippen LogP) is 0.923. The second-order valence-electron chi connectivity index (χ2n) is 6.82. The molecular formula is C20H18N6O5S2.